The van der Waals surface area contributed by atoms with Gasteiger partial charge < -0.3 is 20.6 Å². The molecule has 4 N–H and O–H groups in total. The zero-order valence-electron chi connectivity index (χ0n) is 11.4. The first kappa shape index (κ1) is 13.7. The summed E-state index contributed by atoms with van der Waals surface area (Å²) in [6.45, 7) is 0.241. The van der Waals surface area contributed by atoms with Crippen molar-refractivity contribution in [3.8, 4) is 5.88 Å². The lowest BCUT2D eigenvalue weighted by molar-refractivity contribution is 0.0949. The molecule has 2 amide bonds. The predicted molar refractivity (Wildman–Crippen MR) is 78.5 cm³/mol. The van der Waals surface area contributed by atoms with Crippen molar-refractivity contribution in [2.75, 3.05) is 0 Å². The van der Waals surface area contributed by atoms with E-state index in [0.29, 0.717) is 10.9 Å². The van der Waals surface area contributed by atoms with E-state index in [-0.39, 0.29) is 12.1 Å². The standard InChI is InChI=1S/C15H13N3O4/c16-15(21)18-11-4-2-1-3-10(11)12(14(18)20)13(19)17-7-9-5-6-22-8-9/h1-6,8,20H,7H2,(H2,16,21)(H,17,19). The summed E-state index contributed by atoms with van der Waals surface area (Å²) in [6.07, 6.45) is 3.00. The normalized spacial score (nSPS) is 10.7. The monoisotopic (exact) mass is 299 g/mol. The van der Waals surface area contributed by atoms with Gasteiger partial charge in [0.2, 0.25) is 5.88 Å². The number of hydrogen-bond donors (Lipinski definition) is 3. The van der Waals surface area contributed by atoms with Crippen molar-refractivity contribution in [2.45, 2.75) is 6.54 Å². The van der Waals surface area contributed by atoms with Crippen LogP contribution in [-0.4, -0.2) is 21.6 Å². The number of para-hydroxylation sites is 1. The first-order valence-corrected chi connectivity index (χ1v) is 6.51. The number of primary amides is 1. The summed E-state index contributed by atoms with van der Waals surface area (Å²) in [7, 11) is 0. The lowest BCUT2D eigenvalue weighted by Crippen LogP contribution is -2.23. The van der Waals surface area contributed by atoms with E-state index < -0.39 is 17.8 Å². The number of nitrogens with one attached hydrogen (secondary N) is 1. The van der Waals surface area contributed by atoms with Crippen molar-refractivity contribution in [3.05, 3.63) is 54.0 Å². The van der Waals surface area contributed by atoms with E-state index in [2.05, 4.69) is 5.32 Å². The Morgan fingerprint density at radius 1 is 1.27 bits per heavy atom. The Balaban J connectivity index is 2.01. The van der Waals surface area contributed by atoms with Gasteiger partial charge in [0, 0.05) is 17.5 Å². The molecular formula is C15H13N3O4. The number of aromatic nitrogens is 1. The van der Waals surface area contributed by atoms with Crippen LogP contribution < -0.4 is 11.1 Å². The van der Waals surface area contributed by atoms with Gasteiger partial charge in [-0.3, -0.25) is 4.79 Å². The smallest absolute Gasteiger partial charge is 0.326 e. The number of benzene rings is 1. The second-order valence-electron chi connectivity index (χ2n) is 4.70. The van der Waals surface area contributed by atoms with E-state index in [1.165, 1.54) is 12.5 Å². The molecule has 3 rings (SSSR count). The van der Waals surface area contributed by atoms with Gasteiger partial charge in [0.05, 0.1) is 18.0 Å². The Kier molecular flexibility index (Phi) is 3.30. The van der Waals surface area contributed by atoms with Crippen molar-refractivity contribution in [1.29, 1.82) is 0 Å². The maximum absolute atomic E-state index is 12.3. The fourth-order valence-electron chi connectivity index (χ4n) is 2.34. The van der Waals surface area contributed by atoms with E-state index in [1.54, 1.807) is 30.3 Å². The number of nitrogens with two attached hydrogens (primary N) is 1. The van der Waals surface area contributed by atoms with Gasteiger partial charge in [0.1, 0.15) is 5.56 Å². The summed E-state index contributed by atoms with van der Waals surface area (Å²) in [5.41, 5.74) is 6.44. The molecule has 112 valence electrons. The molecule has 0 unspecified atom stereocenters. The van der Waals surface area contributed by atoms with E-state index in [0.717, 1.165) is 10.1 Å². The topological polar surface area (TPSA) is 110 Å². The molecule has 0 bridgehead atoms. The summed E-state index contributed by atoms with van der Waals surface area (Å²) >= 11 is 0. The molecule has 0 aliphatic rings. The lowest BCUT2D eigenvalue weighted by Gasteiger charge is -2.03. The van der Waals surface area contributed by atoms with Crippen molar-refractivity contribution >= 4 is 22.8 Å². The molecule has 7 nitrogen and oxygen atoms in total. The molecule has 0 fully saturated rings. The van der Waals surface area contributed by atoms with Crippen molar-refractivity contribution in [1.82, 2.24) is 9.88 Å². The molecule has 2 aromatic heterocycles. The molecule has 22 heavy (non-hydrogen) atoms. The lowest BCUT2D eigenvalue weighted by atomic mass is 10.1. The van der Waals surface area contributed by atoms with Crippen LogP contribution in [0.2, 0.25) is 0 Å². The van der Waals surface area contributed by atoms with Crippen LogP contribution in [0.15, 0.2) is 47.3 Å². The molecule has 3 aromatic rings. The van der Waals surface area contributed by atoms with Gasteiger partial charge in [-0.2, -0.15) is 0 Å². The maximum Gasteiger partial charge on any atom is 0.326 e. The predicted octanol–water partition coefficient (Wildman–Crippen LogP) is 1.80. The van der Waals surface area contributed by atoms with Gasteiger partial charge in [0.15, 0.2) is 0 Å². The van der Waals surface area contributed by atoms with Crippen LogP contribution in [0.5, 0.6) is 5.88 Å². The second kappa shape index (κ2) is 5.28. The number of carbonyl (C=O) groups excluding carboxylic acids is 2. The number of fused-ring (bicyclic) bond motifs is 1. The number of amides is 2. The minimum absolute atomic E-state index is 0.0119. The van der Waals surface area contributed by atoms with Gasteiger partial charge in [-0.05, 0) is 12.1 Å². The fraction of sp³-hybridized carbons (Fsp3) is 0.0667. The summed E-state index contributed by atoms with van der Waals surface area (Å²) < 4.78 is 5.82. The van der Waals surface area contributed by atoms with Gasteiger partial charge in [-0.1, -0.05) is 18.2 Å². The van der Waals surface area contributed by atoms with Gasteiger partial charge in [-0.15, -0.1) is 0 Å². The molecule has 1 aromatic carbocycles. The Hall–Kier alpha value is -3.22. The van der Waals surface area contributed by atoms with E-state index in [1.807, 2.05) is 0 Å². The number of rotatable bonds is 3. The van der Waals surface area contributed by atoms with E-state index in [9.17, 15) is 14.7 Å². The molecule has 0 saturated carbocycles. The quantitative estimate of drug-likeness (QED) is 0.684. The second-order valence-corrected chi connectivity index (χ2v) is 4.70. The molecule has 0 radical (unpaired) electrons. The largest absolute Gasteiger partial charge is 0.494 e. The Labute approximate surface area is 124 Å². The number of furan rings is 1. The third kappa shape index (κ3) is 2.18. The highest BCUT2D eigenvalue weighted by atomic mass is 16.3. The van der Waals surface area contributed by atoms with Crippen LogP contribution in [0.4, 0.5) is 4.79 Å². The number of aromatic hydroxyl groups is 1. The highest BCUT2D eigenvalue weighted by Crippen LogP contribution is 2.30. The maximum atomic E-state index is 12.3. The molecule has 0 saturated heterocycles. The van der Waals surface area contributed by atoms with Crippen LogP contribution in [-0.2, 0) is 6.54 Å². The van der Waals surface area contributed by atoms with Crippen LogP contribution in [0.3, 0.4) is 0 Å². The Morgan fingerprint density at radius 3 is 2.73 bits per heavy atom. The molecular weight excluding hydrogens is 286 g/mol. The minimum Gasteiger partial charge on any atom is -0.494 e. The van der Waals surface area contributed by atoms with Crippen molar-refractivity contribution in [3.63, 3.8) is 0 Å². The highest BCUT2D eigenvalue weighted by Gasteiger charge is 2.24. The van der Waals surface area contributed by atoms with E-state index in [4.69, 9.17) is 10.2 Å². The zero-order valence-corrected chi connectivity index (χ0v) is 11.4. The van der Waals surface area contributed by atoms with Crippen LogP contribution in [0, 0.1) is 0 Å². The van der Waals surface area contributed by atoms with Crippen LogP contribution in [0.25, 0.3) is 10.9 Å². The average molecular weight is 299 g/mol. The first-order chi connectivity index (χ1) is 10.6. The molecule has 0 aliphatic heterocycles. The van der Waals surface area contributed by atoms with E-state index >= 15 is 0 Å². The first-order valence-electron chi connectivity index (χ1n) is 6.51. The zero-order chi connectivity index (χ0) is 15.7. The molecule has 0 spiro atoms. The van der Waals surface area contributed by atoms with Crippen molar-refractivity contribution < 1.29 is 19.1 Å². The molecule has 0 atom stereocenters. The summed E-state index contributed by atoms with van der Waals surface area (Å²) in [6, 6.07) is 7.50. The summed E-state index contributed by atoms with van der Waals surface area (Å²) in [5.74, 6) is -0.978. The third-order valence-corrected chi connectivity index (χ3v) is 3.33. The fourth-order valence-corrected chi connectivity index (χ4v) is 2.34. The Bertz CT molecular complexity index is 849. The third-order valence-electron chi connectivity index (χ3n) is 3.33. The molecule has 2 heterocycles. The SMILES string of the molecule is NC(=O)n1c(O)c(C(=O)NCc2ccoc2)c2ccccc21. The number of nitrogens with zero attached hydrogens (tertiary/aromatic N) is 1. The summed E-state index contributed by atoms with van der Waals surface area (Å²) in [4.78, 5) is 23.8. The highest BCUT2D eigenvalue weighted by molar-refractivity contribution is 6.12. The molecule has 7 heteroatoms. The van der Waals surface area contributed by atoms with Gasteiger partial charge in [-0.25, -0.2) is 9.36 Å². The molecule has 0 aliphatic carbocycles. The number of carbonyl (C=O) groups is 2. The Morgan fingerprint density at radius 2 is 2.05 bits per heavy atom. The number of hydrogen-bond acceptors (Lipinski definition) is 4. The van der Waals surface area contributed by atoms with Crippen molar-refractivity contribution in [2.24, 2.45) is 5.73 Å². The van der Waals surface area contributed by atoms with Gasteiger partial charge >= 0.3 is 6.03 Å². The van der Waals surface area contributed by atoms with Gasteiger partial charge in [0.25, 0.3) is 5.91 Å². The summed E-state index contributed by atoms with van der Waals surface area (Å²) in [5, 5.41) is 13.3. The van der Waals surface area contributed by atoms with Crippen LogP contribution in [0.1, 0.15) is 15.9 Å². The van der Waals surface area contributed by atoms with Crippen LogP contribution >= 0.6 is 0 Å². The average Bonchev–Trinajstić information content (AvgIpc) is 3.09. The minimum atomic E-state index is -0.859.